The second-order valence-corrected chi connectivity index (χ2v) is 18.7. The summed E-state index contributed by atoms with van der Waals surface area (Å²) < 4.78 is 5.70. The third-order valence-electron chi connectivity index (χ3n) is 6.45. The largest absolute Gasteiger partial charge is 0.507 e. The van der Waals surface area contributed by atoms with Gasteiger partial charge in [0.15, 0.2) is 6.61 Å². The lowest BCUT2D eigenvalue weighted by molar-refractivity contribution is -0.139. The van der Waals surface area contributed by atoms with E-state index in [-0.39, 0.29) is 32.3 Å². The van der Waals surface area contributed by atoms with Crippen LogP contribution in [0.2, 0.25) is 0 Å². The fraction of sp³-hybridized carbons (Fsp3) is 0.618. The van der Waals surface area contributed by atoms with E-state index in [0.717, 1.165) is 32.0 Å². The zero-order valence-electron chi connectivity index (χ0n) is 27.9. The van der Waals surface area contributed by atoms with Crippen LogP contribution in [0.1, 0.15) is 119 Å². The molecule has 7 heteroatoms. The normalized spacial score (nSPS) is 13.0. The van der Waals surface area contributed by atoms with Crippen molar-refractivity contribution in [2.45, 2.75) is 132 Å². The average molecular weight is 717 g/mol. The molecule has 0 saturated carbocycles. The second-order valence-electron chi connectivity index (χ2n) is 15.0. The van der Waals surface area contributed by atoms with Crippen LogP contribution in [0.4, 0.5) is 0 Å². The number of thioether (sulfide) groups is 2. The van der Waals surface area contributed by atoms with Crippen molar-refractivity contribution in [1.82, 2.24) is 0 Å². The molecule has 4 nitrogen and oxygen atoms in total. The summed E-state index contributed by atoms with van der Waals surface area (Å²) in [7, 11) is 0. The summed E-state index contributed by atoms with van der Waals surface area (Å²) in [5.41, 5.74) is 3.10. The quantitative estimate of drug-likeness (QED) is 0.129. The zero-order chi connectivity index (χ0) is 32.4. The predicted octanol–water partition coefficient (Wildman–Crippen LogP) is 10.7. The van der Waals surface area contributed by atoms with Crippen molar-refractivity contribution in [1.29, 1.82) is 0 Å². The number of phenols is 1. The monoisotopic (exact) mass is 716 g/mol. The van der Waals surface area contributed by atoms with E-state index < -0.39 is 5.97 Å². The number of carbonyl (C=O) groups is 1. The van der Waals surface area contributed by atoms with Crippen LogP contribution >= 0.6 is 46.1 Å². The lowest BCUT2D eigenvalue weighted by Gasteiger charge is -2.32. The van der Waals surface area contributed by atoms with Crippen LogP contribution in [-0.2, 0) is 26.5 Å². The molecule has 0 heterocycles. The van der Waals surface area contributed by atoms with Gasteiger partial charge in [0.05, 0.1) is 4.08 Å². The molecule has 2 aromatic carbocycles. The van der Waals surface area contributed by atoms with Gasteiger partial charge >= 0.3 is 5.97 Å². The van der Waals surface area contributed by atoms with Gasteiger partial charge in [-0.25, -0.2) is 4.79 Å². The van der Waals surface area contributed by atoms with E-state index in [1.165, 1.54) is 0 Å². The fourth-order valence-electron chi connectivity index (χ4n) is 4.46. The highest BCUT2D eigenvalue weighted by molar-refractivity contribution is 14.1. The maximum Gasteiger partial charge on any atom is 0.341 e. The third kappa shape index (κ3) is 10.9. The van der Waals surface area contributed by atoms with Crippen LogP contribution in [0.3, 0.4) is 0 Å². The van der Waals surface area contributed by atoms with E-state index in [9.17, 15) is 15.0 Å². The summed E-state index contributed by atoms with van der Waals surface area (Å²) in [4.78, 5) is 15.6. The van der Waals surface area contributed by atoms with Crippen LogP contribution in [0.15, 0.2) is 34.1 Å². The number of rotatable bonds is 7. The molecule has 0 aliphatic rings. The molecule has 0 aliphatic carbocycles. The van der Waals surface area contributed by atoms with Crippen LogP contribution < -0.4 is 4.74 Å². The first-order valence-corrected chi connectivity index (χ1v) is 17.8. The molecule has 41 heavy (non-hydrogen) atoms. The second kappa shape index (κ2) is 13.7. The van der Waals surface area contributed by atoms with Gasteiger partial charge in [-0.2, -0.15) is 0 Å². The van der Waals surface area contributed by atoms with Crippen molar-refractivity contribution in [3.05, 3.63) is 46.5 Å². The SMILES string of the molecule is CC(C)(Sc1cc(C(C)(C)C)c(O)c(C(C)(C)C)c1)Sc1cc(C(C)(C)C)c(OCC(=O)O)c(C(C)(C)C)c1.CI. The number of hydrogen-bond acceptors (Lipinski definition) is 5. The molecular weight excluding hydrogens is 663 g/mol. The first-order chi connectivity index (χ1) is 18.3. The Morgan fingerprint density at radius 2 is 0.951 bits per heavy atom. The van der Waals surface area contributed by atoms with Gasteiger partial charge in [-0.05, 0) is 64.7 Å². The van der Waals surface area contributed by atoms with Gasteiger partial charge in [-0.1, -0.05) is 106 Å². The van der Waals surface area contributed by atoms with Crippen LogP contribution in [-0.4, -0.2) is 31.8 Å². The Morgan fingerprint density at radius 1 is 0.659 bits per heavy atom. The minimum atomic E-state index is -0.983. The molecule has 0 radical (unpaired) electrons. The number of ether oxygens (including phenoxy) is 1. The predicted molar refractivity (Wildman–Crippen MR) is 188 cm³/mol. The molecule has 0 unspecified atom stereocenters. The molecule has 2 rings (SSSR count). The molecule has 0 amide bonds. The fourth-order valence-corrected chi connectivity index (χ4v) is 7.05. The Morgan fingerprint density at radius 3 is 1.22 bits per heavy atom. The third-order valence-corrected chi connectivity index (χ3v) is 8.87. The number of aromatic hydroxyl groups is 1. The van der Waals surface area contributed by atoms with Crippen LogP contribution in [0, 0.1) is 0 Å². The standard InChI is InChI=1S/C33H50O4S2.CH3I/c1-29(2,3)22-15-20(16-23(27(22)36)30(4,5)6)38-33(13,14)39-21-17-24(31(7,8)9)28(37-19-26(34)35)25(18-21)32(10,11)12;1-2/h15-18,36H,19H2,1-14H3,(H,34,35);1H3. The van der Waals surface area contributed by atoms with Gasteiger partial charge in [-0.15, -0.1) is 23.5 Å². The molecular formula is C34H53IO4S2. The summed E-state index contributed by atoms with van der Waals surface area (Å²) in [6.07, 6.45) is 0. The highest BCUT2D eigenvalue weighted by Crippen LogP contribution is 2.51. The molecule has 232 valence electrons. The Bertz CT molecular complexity index is 1140. The van der Waals surface area contributed by atoms with E-state index in [1.54, 1.807) is 23.5 Å². The average Bonchev–Trinajstić information content (AvgIpc) is 2.76. The Labute approximate surface area is 272 Å². The first kappa shape index (κ1) is 38.0. The number of aliphatic carboxylic acids is 1. The number of hydrogen-bond donors (Lipinski definition) is 2. The number of carboxylic acids is 1. The molecule has 2 aromatic rings. The maximum absolute atomic E-state index is 11.4. The van der Waals surface area contributed by atoms with E-state index in [0.29, 0.717) is 11.5 Å². The molecule has 0 spiro atoms. The van der Waals surface area contributed by atoms with E-state index in [2.05, 4.69) is 144 Å². The summed E-state index contributed by atoms with van der Waals surface area (Å²) in [5.74, 6) is 0.0885. The Hall–Kier alpha value is -1.06. The number of halogens is 1. The van der Waals surface area contributed by atoms with Crippen LogP contribution in [0.5, 0.6) is 11.5 Å². The summed E-state index contributed by atoms with van der Waals surface area (Å²) in [6, 6.07) is 8.61. The minimum absolute atomic E-state index is 0.188. The van der Waals surface area contributed by atoms with Crippen molar-refractivity contribution in [2.75, 3.05) is 11.5 Å². The molecule has 0 aliphatic heterocycles. The van der Waals surface area contributed by atoms with Gasteiger partial charge in [0.2, 0.25) is 0 Å². The topological polar surface area (TPSA) is 66.8 Å². The molecule has 0 atom stereocenters. The maximum atomic E-state index is 11.4. The molecule has 0 aromatic heterocycles. The lowest BCUT2D eigenvalue weighted by atomic mass is 9.79. The zero-order valence-corrected chi connectivity index (χ0v) is 31.7. The van der Waals surface area contributed by atoms with Gasteiger partial charge in [0, 0.05) is 32.0 Å². The van der Waals surface area contributed by atoms with Gasteiger partial charge in [0.1, 0.15) is 11.5 Å². The van der Waals surface area contributed by atoms with Crippen molar-refractivity contribution < 1.29 is 19.7 Å². The molecule has 2 N–H and O–H groups in total. The molecule has 0 bridgehead atoms. The summed E-state index contributed by atoms with van der Waals surface area (Å²) in [6.45, 7) is 29.7. The number of carboxylic acid groups (broad SMARTS) is 1. The van der Waals surface area contributed by atoms with Gasteiger partial charge < -0.3 is 14.9 Å². The van der Waals surface area contributed by atoms with Crippen molar-refractivity contribution in [2.24, 2.45) is 0 Å². The van der Waals surface area contributed by atoms with Gasteiger partial charge in [0.25, 0.3) is 0 Å². The number of phenolic OH excluding ortho intramolecular Hbond substituents is 1. The molecule has 0 fully saturated rings. The van der Waals surface area contributed by atoms with E-state index in [1.807, 2.05) is 4.93 Å². The Kier molecular flexibility index (Phi) is 12.7. The Balaban J connectivity index is 0.00000411. The van der Waals surface area contributed by atoms with Crippen LogP contribution in [0.25, 0.3) is 0 Å². The van der Waals surface area contributed by atoms with Gasteiger partial charge in [-0.3, -0.25) is 0 Å². The van der Waals surface area contributed by atoms with Crippen molar-refractivity contribution in [3.8, 4) is 11.5 Å². The smallest absolute Gasteiger partial charge is 0.341 e. The molecule has 0 saturated heterocycles. The number of benzene rings is 2. The summed E-state index contributed by atoms with van der Waals surface area (Å²) >= 11 is 5.74. The van der Waals surface area contributed by atoms with E-state index >= 15 is 0 Å². The first-order valence-electron chi connectivity index (χ1n) is 14.0. The number of alkyl halides is 1. The van der Waals surface area contributed by atoms with E-state index in [4.69, 9.17) is 4.74 Å². The van der Waals surface area contributed by atoms with Crippen molar-refractivity contribution >= 4 is 52.1 Å². The lowest BCUT2D eigenvalue weighted by Crippen LogP contribution is -2.22. The minimum Gasteiger partial charge on any atom is -0.507 e. The highest BCUT2D eigenvalue weighted by atomic mass is 127. The highest BCUT2D eigenvalue weighted by Gasteiger charge is 2.32. The van der Waals surface area contributed by atoms with Crippen molar-refractivity contribution in [3.63, 3.8) is 0 Å². The summed E-state index contributed by atoms with van der Waals surface area (Å²) in [5, 5.41) is 20.5.